The van der Waals surface area contributed by atoms with Crippen molar-refractivity contribution in [1.82, 2.24) is 10.2 Å². The molecule has 0 aromatic rings. The summed E-state index contributed by atoms with van der Waals surface area (Å²) in [6.07, 6.45) is 6.10. The summed E-state index contributed by atoms with van der Waals surface area (Å²) in [5.74, 6) is -0.0432. The number of hydrogen-bond donors (Lipinski definition) is 1. The molecule has 1 aliphatic heterocycles. The average molecular weight is 210 g/mol. The molecule has 86 valence electrons. The Morgan fingerprint density at radius 3 is 3.07 bits per heavy atom. The average Bonchev–Trinajstić information content (AvgIpc) is 2.44. The highest BCUT2D eigenvalue weighted by Crippen LogP contribution is 2.10. The lowest BCUT2D eigenvalue weighted by Gasteiger charge is -2.23. The van der Waals surface area contributed by atoms with Gasteiger partial charge in [-0.3, -0.25) is 4.79 Å². The second kappa shape index (κ2) is 6.62. The monoisotopic (exact) mass is 210 g/mol. The van der Waals surface area contributed by atoms with E-state index in [2.05, 4.69) is 23.7 Å². The largest absolute Gasteiger partial charge is 0.349 e. The fourth-order valence-electron chi connectivity index (χ4n) is 2.12. The van der Waals surface area contributed by atoms with Crippen molar-refractivity contribution in [3.05, 3.63) is 12.7 Å². The van der Waals surface area contributed by atoms with Crippen LogP contribution in [0.4, 0.5) is 0 Å². The molecule has 0 radical (unpaired) electrons. The van der Waals surface area contributed by atoms with Crippen molar-refractivity contribution in [3.63, 3.8) is 0 Å². The first-order valence-corrected chi connectivity index (χ1v) is 5.91. The zero-order valence-corrected chi connectivity index (χ0v) is 9.67. The van der Waals surface area contributed by atoms with Gasteiger partial charge in [0.25, 0.3) is 0 Å². The zero-order valence-electron chi connectivity index (χ0n) is 9.67. The normalized spacial score (nSPS) is 23.1. The van der Waals surface area contributed by atoms with Gasteiger partial charge in [0.15, 0.2) is 0 Å². The topological polar surface area (TPSA) is 32.3 Å². The molecule has 1 aliphatic rings. The minimum atomic E-state index is -0.0432. The lowest BCUT2D eigenvalue weighted by atomic mass is 10.1. The number of nitrogens with zero attached hydrogens (tertiary/aromatic N) is 1. The smallest absolute Gasteiger partial charge is 0.243 e. The molecule has 0 bridgehead atoms. The van der Waals surface area contributed by atoms with Crippen molar-refractivity contribution < 1.29 is 4.79 Å². The van der Waals surface area contributed by atoms with Crippen LogP contribution < -0.4 is 5.32 Å². The molecule has 0 spiro atoms. The van der Waals surface area contributed by atoms with Crippen LogP contribution in [0.5, 0.6) is 0 Å². The predicted octanol–water partition coefficient (Wildman–Crippen LogP) is 1.55. The molecule has 0 saturated carbocycles. The molecule has 0 aromatic carbocycles. The van der Waals surface area contributed by atoms with Crippen molar-refractivity contribution >= 4 is 5.91 Å². The van der Waals surface area contributed by atoms with Gasteiger partial charge in [-0.1, -0.05) is 19.9 Å². The second-order valence-electron chi connectivity index (χ2n) is 4.21. The summed E-state index contributed by atoms with van der Waals surface area (Å²) in [5.41, 5.74) is 0. The maximum absolute atomic E-state index is 11.2. The minimum Gasteiger partial charge on any atom is -0.349 e. The second-order valence-corrected chi connectivity index (χ2v) is 4.21. The Morgan fingerprint density at radius 1 is 1.60 bits per heavy atom. The SMILES string of the molecule is C=CC(=O)NC1CCCCN(CCC)C1. The molecule has 1 atom stereocenters. The molecule has 1 N–H and O–H groups in total. The Labute approximate surface area is 92.5 Å². The molecular formula is C12H22N2O. The minimum absolute atomic E-state index is 0.0432. The highest BCUT2D eigenvalue weighted by Gasteiger charge is 2.17. The molecule has 3 heteroatoms. The van der Waals surface area contributed by atoms with E-state index in [1.54, 1.807) is 0 Å². The van der Waals surface area contributed by atoms with Gasteiger partial charge in [-0.25, -0.2) is 0 Å². The highest BCUT2D eigenvalue weighted by molar-refractivity contribution is 5.87. The lowest BCUT2D eigenvalue weighted by molar-refractivity contribution is -0.117. The Balaban J connectivity index is 2.41. The van der Waals surface area contributed by atoms with Crippen LogP contribution in [-0.4, -0.2) is 36.5 Å². The molecule has 1 rings (SSSR count). The van der Waals surface area contributed by atoms with Gasteiger partial charge in [0.2, 0.25) is 5.91 Å². The van der Waals surface area contributed by atoms with Crippen molar-refractivity contribution in [3.8, 4) is 0 Å². The number of likely N-dealkylation sites (tertiary alicyclic amines) is 1. The van der Waals surface area contributed by atoms with Gasteiger partial charge in [0, 0.05) is 12.6 Å². The number of hydrogen-bond acceptors (Lipinski definition) is 2. The summed E-state index contributed by atoms with van der Waals surface area (Å²) in [4.78, 5) is 13.7. The molecule has 1 amide bonds. The van der Waals surface area contributed by atoms with Crippen LogP contribution in [0.1, 0.15) is 32.6 Å². The van der Waals surface area contributed by atoms with Crippen LogP contribution in [0, 0.1) is 0 Å². The summed E-state index contributed by atoms with van der Waals surface area (Å²) in [6.45, 7) is 8.98. The Hall–Kier alpha value is -0.830. The number of nitrogens with one attached hydrogen (secondary N) is 1. The van der Waals surface area contributed by atoms with Crippen LogP contribution in [0.25, 0.3) is 0 Å². The van der Waals surface area contributed by atoms with Crippen LogP contribution >= 0.6 is 0 Å². The standard InChI is InChI=1S/C12H22N2O/c1-3-8-14-9-6-5-7-11(10-14)13-12(15)4-2/h4,11H,2-3,5-10H2,1H3,(H,13,15). The van der Waals surface area contributed by atoms with E-state index in [-0.39, 0.29) is 5.91 Å². The molecule has 3 nitrogen and oxygen atoms in total. The van der Waals surface area contributed by atoms with Crippen LogP contribution in [0.2, 0.25) is 0 Å². The predicted molar refractivity (Wildman–Crippen MR) is 62.7 cm³/mol. The Morgan fingerprint density at radius 2 is 2.40 bits per heavy atom. The third kappa shape index (κ3) is 4.47. The van der Waals surface area contributed by atoms with E-state index < -0.39 is 0 Å². The fraction of sp³-hybridized carbons (Fsp3) is 0.750. The Bertz CT molecular complexity index is 216. The Kier molecular flexibility index (Phi) is 5.40. The van der Waals surface area contributed by atoms with Gasteiger partial charge >= 0.3 is 0 Å². The highest BCUT2D eigenvalue weighted by atomic mass is 16.1. The number of amides is 1. The molecule has 1 saturated heterocycles. The summed E-state index contributed by atoms with van der Waals surface area (Å²) in [5, 5.41) is 3.00. The van der Waals surface area contributed by atoms with Crippen LogP contribution in [0.15, 0.2) is 12.7 Å². The number of carbonyl (C=O) groups is 1. The zero-order chi connectivity index (χ0) is 11.1. The maximum atomic E-state index is 11.2. The first-order chi connectivity index (χ1) is 7.26. The van der Waals surface area contributed by atoms with Gasteiger partial charge in [0.05, 0.1) is 0 Å². The van der Waals surface area contributed by atoms with Crippen LogP contribution in [0.3, 0.4) is 0 Å². The van der Waals surface area contributed by atoms with Gasteiger partial charge in [-0.15, -0.1) is 0 Å². The van der Waals surface area contributed by atoms with Crippen molar-refractivity contribution in [2.45, 2.75) is 38.6 Å². The molecule has 1 heterocycles. The van der Waals surface area contributed by atoms with Gasteiger partial charge in [-0.05, 0) is 38.4 Å². The molecular weight excluding hydrogens is 188 g/mol. The van der Waals surface area contributed by atoms with E-state index in [4.69, 9.17) is 0 Å². The third-order valence-electron chi connectivity index (χ3n) is 2.83. The first kappa shape index (κ1) is 12.2. The summed E-state index contributed by atoms with van der Waals surface area (Å²) in [6, 6.07) is 0.310. The number of rotatable bonds is 4. The van der Waals surface area contributed by atoms with E-state index in [1.807, 2.05) is 0 Å². The summed E-state index contributed by atoms with van der Waals surface area (Å²) < 4.78 is 0. The van der Waals surface area contributed by atoms with Gasteiger partial charge in [-0.2, -0.15) is 0 Å². The van der Waals surface area contributed by atoms with Crippen molar-refractivity contribution in [2.75, 3.05) is 19.6 Å². The molecule has 1 unspecified atom stereocenters. The van der Waals surface area contributed by atoms with E-state index >= 15 is 0 Å². The number of carbonyl (C=O) groups excluding carboxylic acids is 1. The maximum Gasteiger partial charge on any atom is 0.243 e. The summed E-state index contributed by atoms with van der Waals surface area (Å²) >= 11 is 0. The molecule has 1 fully saturated rings. The van der Waals surface area contributed by atoms with Crippen molar-refractivity contribution in [2.24, 2.45) is 0 Å². The van der Waals surface area contributed by atoms with E-state index in [9.17, 15) is 4.79 Å². The molecule has 0 aromatic heterocycles. The van der Waals surface area contributed by atoms with E-state index in [0.29, 0.717) is 6.04 Å². The van der Waals surface area contributed by atoms with Gasteiger partial charge < -0.3 is 10.2 Å². The van der Waals surface area contributed by atoms with E-state index in [1.165, 1.54) is 31.9 Å². The lowest BCUT2D eigenvalue weighted by Crippen LogP contribution is -2.42. The summed E-state index contributed by atoms with van der Waals surface area (Å²) in [7, 11) is 0. The third-order valence-corrected chi connectivity index (χ3v) is 2.83. The molecule has 15 heavy (non-hydrogen) atoms. The fourth-order valence-corrected chi connectivity index (χ4v) is 2.12. The van der Waals surface area contributed by atoms with E-state index in [0.717, 1.165) is 19.5 Å². The van der Waals surface area contributed by atoms with Crippen molar-refractivity contribution in [1.29, 1.82) is 0 Å². The van der Waals surface area contributed by atoms with Crippen LogP contribution in [-0.2, 0) is 4.79 Å². The van der Waals surface area contributed by atoms with Gasteiger partial charge in [0.1, 0.15) is 0 Å². The molecule has 0 aliphatic carbocycles. The quantitative estimate of drug-likeness (QED) is 0.714. The first-order valence-electron chi connectivity index (χ1n) is 5.91.